The number of hydrogen-bond acceptors (Lipinski definition) is 5. The molecular formula is C20H34N6O2. The predicted octanol–water partition coefficient (Wildman–Crippen LogP) is 1.24. The Balaban J connectivity index is 1.42. The van der Waals surface area contributed by atoms with E-state index in [9.17, 15) is 9.59 Å². The van der Waals surface area contributed by atoms with Gasteiger partial charge in [0.05, 0.1) is 0 Å². The van der Waals surface area contributed by atoms with Crippen molar-refractivity contribution in [3.05, 3.63) is 12.7 Å². The Morgan fingerprint density at radius 3 is 2.64 bits per heavy atom. The summed E-state index contributed by atoms with van der Waals surface area (Å²) in [6.07, 6.45) is 9.23. The minimum atomic E-state index is 0.212. The van der Waals surface area contributed by atoms with Crippen LogP contribution in [-0.4, -0.2) is 88.1 Å². The van der Waals surface area contributed by atoms with Gasteiger partial charge in [-0.3, -0.25) is 14.3 Å². The summed E-state index contributed by atoms with van der Waals surface area (Å²) in [5.41, 5.74) is 0.212. The Labute approximate surface area is 167 Å². The Morgan fingerprint density at radius 2 is 1.96 bits per heavy atom. The van der Waals surface area contributed by atoms with Gasteiger partial charge in [0.15, 0.2) is 0 Å². The normalized spacial score (nSPS) is 19.6. The molecule has 2 saturated heterocycles. The molecule has 0 unspecified atom stereocenters. The molecule has 0 N–H and O–H groups in total. The van der Waals surface area contributed by atoms with Crippen LogP contribution < -0.4 is 0 Å². The minimum absolute atomic E-state index is 0.212. The predicted molar refractivity (Wildman–Crippen MR) is 106 cm³/mol. The number of rotatable bonds is 8. The third-order valence-corrected chi connectivity index (χ3v) is 6.20. The number of amides is 2. The monoisotopic (exact) mass is 390 g/mol. The van der Waals surface area contributed by atoms with Crippen LogP contribution in [-0.2, 0) is 16.1 Å². The molecule has 0 saturated carbocycles. The van der Waals surface area contributed by atoms with Crippen LogP contribution in [0.2, 0.25) is 0 Å². The average molecular weight is 391 g/mol. The van der Waals surface area contributed by atoms with E-state index in [1.165, 1.54) is 6.33 Å². The second-order valence-corrected chi connectivity index (χ2v) is 8.62. The van der Waals surface area contributed by atoms with Crippen molar-refractivity contribution < 1.29 is 9.59 Å². The molecule has 2 aliphatic rings. The molecule has 0 aliphatic carbocycles. The summed E-state index contributed by atoms with van der Waals surface area (Å²) in [5, 5.41) is 4.07. The highest BCUT2D eigenvalue weighted by atomic mass is 16.2. The fraction of sp³-hybridized carbons (Fsp3) is 0.800. The summed E-state index contributed by atoms with van der Waals surface area (Å²) in [6, 6.07) is 0. The smallest absolute Gasteiger partial charge is 0.222 e. The van der Waals surface area contributed by atoms with Crippen molar-refractivity contribution in [1.82, 2.24) is 29.5 Å². The van der Waals surface area contributed by atoms with Crippen LogP contribution in [0.15, 0.2) is 12.7 Å². The quantitative estimate of drug-likeness (QED) is 0.668. The zero-order valence-corrected chi connectivity index (χ0v) is 17.3. The molecule has 156 valence electrons. The maximum Gasteiger partial charge on any atom is 0.222 e. The van der Waals surface area contributed by atoms with Crippen LogP contribution in [0, 0.1) is 5.41 Å². The molecule has 3 heterocycles. The SMILES string of the molecule is CN(C)CCCN1CC2(CCC1=O)CCN(C(=O)CCCn1cncn1)CC2. The molecule has 2 aliphatic heterocycles. The molecule has 1 aromatic heterocycles. The topological polar surface area (TPSA) is 74.6 Å². The third-order valence-electron chi connectivity index (χ3n) is 6.20. The van der Waals surface area contributed by atoms with Gasteiger partial charge in [0.2, 0.25) is 11.8 Å². The number of carbonyl (C=O) groups is 2. The van der Waals surface area contributed by atoms with Crippen LogP contribution in [0.3, 0.4) is 0 Å². The van der Waals surface area contributed by atoms with Crippen molar-refractivity contribution in [2.24, 2.45) is 5.41 Å². The molecule has 1 aromatic rings. The summed E-state index contributed by atoms with van der Waals surface area (Å²) in [7, 11) is 4.14. The van der Waals surface area contributed by atoms with Gasteiger partial charge in [-0.1, -0.05) is 0 Å². The summed E-state index contributed by atoms with van der Waals surface area (Å²) < 4.78 is 1.77. The first kappa shape index (κ1) is 20.8. The number of aryl methyl sites for hydroxylation is 1. The number of carbonyl (C=O) groups excluding carboxylic acids is 2. The number of piperidine rings is 2. The molecule has 2 amide bonds. The minimum Gasteiger partial charge on any atom is -0.343 e. The first-order valence-electron chi connectivity index (χ1n) is 10.5. The summed E-state index contributed by atoms with van der Waals surface area (Å²) in [5.74, 6) is 0.542. The van der Waals surface area contributed by atoms with Gasteiger partial charge in [-0.2, -0.15) is 5.10 Å². The molecule has 2 fully saturated rings. The van der Waals surface area contributed by atoms with E-state index >= 15 is 0 Å². The van der Waals surface area contributed by atoms with Crippen molar-refractivity contribution in [2.45, 2.75) is 51.5 Å². The van der Waals surface area contributed by atoms with E-state index in [1.54, 1.807) is 11.0 Å². The van der Waals surface area contributed by atoms with Crippen LogP contribution in [0.25, 0.3) is 0 Å². The van der Waals surface area contributed by atoms with E-state index in [1.807, 2.05) is 4.90 Å². The number of likely N-dealkylation sites (tertiary alicyclic amines) is 2. The molecular weight excluding hydrogens is 356 g/mol. The van der Waals surface area contributed by atoms with Gasteiger partial charge in [0, 0.05) is 45.6 Å². The Morgan fingerprint density at radius 1 is 1.18 bits per heavy atom. The number of hydrogen-bond donors (Lipinski definition) is 0. The van der Waals surface area contributed by atoms with Crippen molar-refractivity contribution in [3.63, 3.8) is 0 Å². The number of nitrogens with zero attached hydrogens (tertiary/aromatic N) is 6. The average Bonchev–Trinajstić information content (AvgIpc) is 3.18. The van der Waals surface area contributed by atoms with E-state index < -0.39 is 0 Å². The van der Waals surface area contributed by atoms with E-state index in [2.05, 4.69) is 34.0 Å². The van der Waals surface area contributed by atoms with Gasteiger partial charge in [-0.25, -0.2) is 4.98 Å². The number of aromatic nitrogens is 3. The first-order valence-corrected chi connectivity index (χ1v) is 10.5. The molecule has 0 aromatic carbocycles. The zero-order chi connectivity index (χ0) is 20.0. The molecule has 0 radical (unpaired) electrons. The van der Waals surface area contributed by atoms with Gasteiger partial charge >= 0.3 is 0 Å². The molecule has 3 rings (SSSR count). The summed E-state index contributed by atoms with van der Waals surface area (Å²) >= 11 is 0. The van der Waals surface area contributed by atoms with Crippen molar-refractivity contribution in [2.75, 3.05) is 46.8 Å². The Kier molecular flexibility index (Phi) is 7.04. The second-order valence-electron chi connectivity index (χ2n) is 8.62. The fourth-order valence-corrected chi connectivity index (χ4v) is 4.42. The lowest BCUT2D eigenvalue weighted by Crippen LogP contribution is -2.52. The third kappa shape index (κ3) is 5.53. The van der Waals surface area contributed by atoms with Gasteiger partial charge in [-0.15, -0.1) is 0 Å². The highest BCUT2D eigenvalue weighted by Crippen LogP contribution is 2.40. The van der Waals surface area contributed by atoms with Gasteiger partial charge in [-0.05, 0) is 58.2 Å². The van der Waals surface area contributed by atoms with E-state index in [0.717, 1.165) is 71.4 Å². The lowest BCUT2D eigenvalue weighted by atomic mass is 9.72. The van der Waals surface area contributed by atoms with Crippen molar-refractivity contribution >= 4 is 11.8 Å². The molecule has 8 heteroatoms. The highest BCUT2D eigenvalue weighted by Gasteiger charge is 2.41. The van der Waals surface area contributed by atoms with Gasteiger partial charge in [0.1, 0.15) is 12.7 Å². The molecule has 0 atom stereocenters. The van der Waals surface area contributed by atoms with E-state index in [0.29, 0.717) is 18.7 Å². The molecule has 0 bridgehead atoms. The molecule has 28 heavy (non-hydrogen) atoms. The zero-order valence-electron chi connectivity index (χ0n) is 17.3. The summed E-state index contributed by atoms with van der Waals surface area (Å²) in [6.45, 7) is 5.10. The van der Waals surface area contributed by atoms with Crippen LogP contribution in [0.5, 0.6) is 0 Å². The second kappa shape index (κ2) is 9.49. The first-order chi connectivity index (χ1) is 13.5. The largest absolute Gasteiger partial charge is 0.343 e. The van der Waals surface area contributed by atoms with Crippen LogP contribution in [0.4, 0.5) is 0 Å². The van der Waals surface area contributed by atoms with Crippen LogP contribution >= 0.6 is 0 Å². The van der Waals surface area contributed by atoms with E-state index in [4.69, 9.17) is 0 Å². The molecule has 1 spiro atoms. The van der Waals surface area contributed by atoms with E-state index in [-0.39, 0.29) is 11.3 Å². The Hall–Kier alpha value is -1.96. The van der Waals surface area contributed by atoms with Gasteiger partial charge < -0.3 is 14.7 Å². The fourth-order valence-electron chi connectivity index (χ4n) is 4.42. The lowest BCUT2D eigenvalue weighted by molar-refractivity contribution is -0.142. The van der Waals surface area contributed by atoms with Crippen molar-refractivity contribution in [3.8, 4) is 0 Å². The lowest BCUT2D eigenvalue weighted by Gasteiger charge is -2.47. The van der Waals surface area contributed by atoms with Crippen molar-refractivity contribution in [1.29, 1.82) is 0 Å². The van der Waals surface area contributed by atoms with Crippen LogP contribution in [0.1, 0.15) is 44.9 Å². The Bertz CT molecular complexity index is 637. The molecule has 8 nitrogen and oxygen atoms in total. The van der Waals surface area contributed by atoms with Gasteiger partial charge in [0.25, 0.3) is 0 Å². The highest BCUT2D eigenvalue weighted by molar-refractivity contribution is 5.77. The standard InChI is InChI=1S/C20H34N6O2/c1-23(2)10-4-11-25-15-20(7-6-19(25)28)8-13-24(14-9-20)18(27)5-3-12-26-17-21-16-22-26/h16-17H,3-15H2,1-2H3. The maximum atomic E-state index is 12.5. The summed E-state index contributed by atoms with van der Waals surface area (Å²) in [4.78, 5) is 35.0. The maximum absolute atomic E-state index is 12.5.